The number of nitrogens with two attached hydrogens (primary N) is 1. The zero-order valence-corrected chi connectivity index (χ0v) is 21.4. The molecule has 1 aromatic carbocycles. The fraction of sp³-hybridized carbons (Fsp3) is 0.370. The lowest BCUT2D eigenvalue weighted by molar-refractivity contribution is -0.170. The van der Waals surface area contributed by atoms with E-state index in [2.05, 4.69) is 9.97 Å². The molecular weight excluding hydrogens is 475 g/mol. The van der Waals surface area contributed by atoms with Crippen molar-refractivity contribution in [3.8, 4) is 0 Å². The number of rotatable bonds is 8. The number of halogens is 1. The van der Waals surface area contributed by atoms with Crippen LogP contribution < -0.4 is 10.6 Å². The van der Waals surface area contributed by atoms with Gasteiger partial charge in [-0.1, -0.05) is 24.6 Å². The van der Waals surface area contributed by atoms with Crippen LogP contribution in [0.4, 0.5) is 16.2 Å². The Hall–Kier alpha value is -4.08. The molecule has 1 saturated heterocycles. The minimum atomic E-state index is -1.02. The monoisotopic (exact) mass is 506 g/mol. The lowest BCUT2D eigenvalue weighted by Gasteiger charge is -2.46. The van der Waals surface area contributed by atoms with Crippen molar-refractivity contribution in [3.05, 3.63) is 71.4 Å². The Kier molecular flexibility index (Phi) is 7.37. The maximum Gasteiger partial charge on any atom is 0.253 e. The van der Waals surface area contributed by atoms with Crippen LogP contribution in [0, 0.1) is 18.7 Å². The standard InChI is InChI=1S/C27H31FN6O3/c1-5-18(19-12-16(2)6-7-21(19)28)15-23(35)34-24(26(37)33(4)27-31-10-11-32(27)3)20(25(34)36)13-17-8-9-30-22(29)14-17/h6-12,14,18,20,24H,5,13,15H2,1-4H3,(H2,29,30)/t18-,20+,24-/m0/s1. The third-order valence-corrected chi connectivity index (χ3v) is 6.97. The topological polar surface area (TPSA) is 114 Å². The largest absolute Gasteiger partial charge is 0.384 e. The van der Waals surface area contributed by atoms with Gasteiger partial charge in [-0.15, -0.1) is 0 Å². The van der Waals surface area contributed by atoms with Gasteiger partial charge in [-0.3, -0.25) is 24.2 Å². The van der Waals surface area contributed by atoms with Crippen LogP contribution in [0.3, 0.4) is 0 Å². The summed E-state index contributed by atoms with van der Waals surface area (Å²) in [5.41, 5.74) is 7.85. The molecule has 1 aliphatic heterocycles. The number of likely N-dealkylation sites (tertiary alicyclic amines) is 1. The van der Waals surface area contributed by atoms with Gasteiger partial charge in [-0.05, 0) is 55.0 Å². The summed E-state index contributed by atoms with van der Waals surface area (Å²) in [6.45, 7) is 3.72. The number of benzene rings is 1. The number of anilines is 2. The number of β-lactam (4-membered cyclic amide) rings is 1. The molecule has 9 nitrogen and oxygen atoms in total. The summed E-state index contributed by atoms with van der Waals surface area (Å²) in [5, 5.41) is 0. The highest BCUT2D eigenvalue weighted by Gasteiger charge is 2.55. The van der Waals surface area contributed by atoms with Crippen molar-refractivity contribution in [2.45, 2.75) is 45.1 Å². The van der Waals surface area contributed by atoms with Crippen LogP contribution in [0.2, 0.25) is 0 Å². The van der Waals surface area contributed by atoms with Crippen molar-refractivity contribution in [3.63, 3.8) is 0 Å². The number of hydrogen-bond acceptors (Lipinski definition) is 6. The van der Waals surface area contributed by atoms with E-state index in [9.17, 15) is 18.8 Å². The smallest absolute Gasteiger partial charge is 0.253 e. The SMILES string of the molecule is CC[C@@H](CC(=O)N1C(=O)[C@H](Cc2ccnc(N)c2)[C@H]1C(=O)N(C)c1nccn1C)c1cc(C)ccc1F. The zero-order valence-electron chi connectivity index (χ0n) is 21.4. The van der Waals surface area contributed by atoms with Gasteiger partial charge in [-0.25, -0.2) is 14.4 Å². The Balaban J connectivity index is 1.62. The molecule has 4 rings (SSSR count). The van der Waals surface area contributed by atoms with Crippen LogP contribution in [0.15, 0.2) is 48.9 Å². The van der Waals surface area contributed by atoms with E-state index < -0.39 is 41.4 Å². The number of aromatic nitrogens is 3. The van der Waals surface area contributed by atoms with Gasteiger partial charge >= 0.3 is 0 Å². The molecule has 194 valence electrons. The van der Waals surface area contributed by atoms with Crippen molar-refractivity contribution in [2.24, 2.45) is 13.0 Å². The number of aryl methyl sites for hydroxylation is 2. The van der Waals surface area contributed by atoms with Gasteiger partial charge in [0.15, 0.2) is 0 Å². The first-order chi connectivity index (χ1) is 17.6. The average Bonchev–Trinajstić information content (AvgIpc) is 3.30. The number of likely N-dealkylation sites (N-methyl/N-ethyl adjacent to an activating group) is 1. The summed E-state index contributed by atoms with van der Waals surface area (Å²) in [4.78, 5) is 51.0. The summed E-state index contributed by atoms with van der Waals surface area (Å²) in [6.07, 6.45) is 5.44. The number of nitrogen functional groups attached to an aromatic ring is 1. The molecule has 37 heavy (non-hydrogen) atoms. The van der Waals surface area contributed by atoms with Crippen molar-refractivity contribution in [2.75, 3.05) is 17.7 Å². The van der Waals surface area contributed by atoms with Crippen LogP contribution in [-0.2, 0) is 27.9 Å². The number of amides is 3. The predicted molar refractivity (Wildman–Crippen MR) is 137 cm³/mol. The number of imidazole rings is 1. The normalized spacial score (nSPS) is 17.9. The van der Waals surface area contributed by atoms with Crippen LogP contribution in [-0.4, -0.2) is 50.2 Å². The molecule has 0 bridgehead atoms. The van der Waals surface area contributed by atoms with Crippen molar-refractivity contribution in [1.82, 2.24) is 19.4 Å². The maximum absolute atomic E-state index is 14.6. The van der Waals surface area contributed by atoms with E-state index in [0.717, 1.165) is 16.0 Å². The number of imide groups is 1. The van der Waals surface area contributed by atoms with Gasteiger partial charge in [0.1, 0.15) is 17.7 Å². The molecule has 3 aromatic rings. The summed E-state index contributed by atoms with van der Waals surface area (Å²) < 4.78 is 16.3. The highest BCUT2D eigenvalue weighted by molar-refractivity contribution is 6.12. The molecule has 0 radical (unpaired) electrons. The number of carbonyl (C=O) groups excluding carboxylic acids is 3. The van der Waals surface area contributed by atoms with E-state index in [-0.39, 0.29) is 12.8 Å². The predicted octanol–water partition coefficient (Wildman–Crippen LogP) is 2.99. The van der Waals surface area contributed by atoms with E-state index >= 15 is 0 Å². The Morgan fingerprint density at radius 3 is 2.59 bits per heavy atom. The number of nitrogens with zero attached hydrogens (tertiary/aromatic N) is 5. The minimum absolute atomic E-state index is 0.0898. The van der Waals surface area contributed by atoms with Crippen molar-refractivity contribution >= 4 is 29.5 Å². The van der Waals surface area contributed by atoms with Crippen LogP contribution >= 0.6 is 0 Å². The van der Waals surface area contributed by atoms with Gasteiger partial charge in [0.25, 0.3) is 5.91 Å². The Morgan fingerprint density at radius 1 is 1.19 bits per heavy atom. The summed E-state index contributed by atoms with van der Waals surface area (Å²) in [7, 11) is 3.31. The third kappa shape index (κ3) is 5.09. The minimum Gasteiger partial charge on any atom is -0.384 e. The second-order valence-electron chi connectivity index (χ2n) is 9.52. The summed E-state index contributed by atoms with van der Waals surface area (Å²) in [5.74, 6) is -2.26. The Bertz CT molecular complexity index is 1340. The van der Waals surface area contributed by atoms with Crippen molar-refractivity contribution < 1.29 is 18.8 Å². The van der Waals surface area contributed by atoms with Gasteiger partial charge in [0, 0.05) is 39.1 Å². The van der Waals surface area contributed by atoms with Crippen molar-refractivity contribution in [1.29, 1.82) is 0 Å². The second-order valence-corrected chi connectivity index (χ2v) is 9.52. The highest BCUT2D eigenvalue weighted by atomic mass is 19.1. The van der Waals surface area contributed by atoms with Crippen LogP contribution in [0.25, 0.3) is 0 Å². The molecule has 0 saturated carbocycles. The second kappa shape index (κ2) is 10.5. The van der Waals surface area contributed by atoms with E-state index in [1.54, 1.807) is 55.3 Å². The molecule has 1 aliphatic rings. The van der Waals surface area contributed by atoms with E-state index in [0.29, 0.717) is 23.8 Å². The van der Waals surface area contributed by atoms with E-state index in [1.807, 2.05) is 13.8 Å². The first-order valence-corrected chi connectivity index (χ1v) is 12.2. The molecule has 0 aliphatic carbocycles. The molecule has 0 spiro atoms. The molecule has 3 heterocycles. The number of pyridine rings is 1. The first-order valence-electron chi connectivity index (χ1n) is 12.2. The molecular formula is C27H31FN6O3. The lowest BCUT2D eigenvalue weighted by atomic mass is 9.80. The average molecular weight is 507 g/mol. The zero-order chi connectivity index (χ0) is 26.9. The third-order valence-electron chi connectivity index (χ3n) is 6.97. The van der Waals surface area contributed by atoms with E-state index in [4.69, 9.17) is 5.73 Å². The summed E-state index contributed by atoms with van der Waals surface area (Å²) in [6, 6.07) is 7.14. The molecule has 0 unspecified atom stereocenters. The van der Waals surface area contributed by atoms with E-state index in [1.165, 1.54) is 17.2 Å². The fourth-order valence-corrected chi connectivity index (χ4v) is 4.92. The van der Waals surface area contributed by atoms with Crippen LogP contribution in [0.5, 0.6) is 0 Å². The van der Waals surface area contributed by atoms with Gasteiger partial charge in [0.2, 0.25) is 17.8 Å². The Morgan fingerprint density at radius 2 is 1.95 bits per heavy atom. The fourth-order valence-electron chi connectivity index (χ4n) is 4.92. The maximum atomic E-state index is 14.6. The number of carbonyl (C=O) groups is 3. The molecule has 2 N–H and O–H groups in total. The molecule has 10 heteroatoms. The quantitative estimate of drug-likeness (QED) is 0.470. The van der Waals surface area contributed by atoms with Crippen LogP contribution in [0.1, 0.15) is 42.4 Å². The molecule has 2 aromatic heterocycles. The first kappa shape index (κ1) is 26.0. The summed E-state index contributed by atoms with van der Waals surface area (Å²) >= 11 is 0. The van der Waals surface area contributed by atoms with Gasteiger partial charge < -0.3 is 10.3 Å². The molecule has 3 amide bonds. The molecule has 1 fully saturated rings. The van der Waals surface area contributed by atoms with Gasteiger partial charge in [0.05, 0.1) is 5.92 Å². The number of hydrogen-bond donors (Lipinski definition) is 1. The van der Waals surface area contributed by atoms with Gasteiger partial charge in [-0.2, -0.15) is 0 Å². The lowest BCUT2D eigenvalue weighted by Crippen LogP contribution is -2.69. The molecule has 3 atom stereocenters. The highest BCUT2D eigenvalue weighted by Crippen LogP contribution is 2.35. The Labute approximate surface area is 215 Å².